The number of phenolic OH excluding ortho intramolecular Hbond substituents is 1. The van der Waals surface area contributed by atoms with Gasteiger partial charge in [0.2, 0.25) is 0 Å². The van der Waals surface area contributed by atoms with Gasteiger partial charge in [-0.1, -0.05) is 22.9 Å². The topological polar surface area (TPSA) is 55.5 Å². The van der Waals surface area contributed by atoms with Crippen molar-refractivity contribution in [2.75, 3.05) is 6.61 Å². The van der Waals surface area contributed by atoms with Gasteiger partial charge in [-0.05, 0) is 23.8 Å². The number of hydrogen-bond donors (Lipinski definition) is 2. The van der Waals surface area contributed by atoms with E-state index in [-0.39, 0.29) is 11.7 Å². The van der Waals surface area contributed by atoms with Crippen LogP contribution >= 0.6 is 15.9 Å². The quantitative estimate of drug-likeness (QED) is 0.803. The van der Waals surface area contributed by atoms with Gasteiger partial charge in [-0.3, -0.25) is 0 Å². The van der Waals surface area contributed by atoms with E-state index < -0.39 is 0 Å². The zero-order chi connectivity index (χ0) is 9.84. The molecule has 1 rings (SSSR count). The second kappa shape index (κ2) is 4.60. The molecule has 4 heteroatoms. The summed E-state index contributed by atoms with van der Waals surface area (Å²) in [6.45, 7) is 2.41. The molecular formula is C9H12BrNO2. The lowest BCUT2D eigenvalue weighted by atomic mass is 10.0. The molecule has 1 aromatic rings. The lowest BCUT2D eigenvalue weighted by molar-refractivity contribution is 0.126. The van der Waals surface area contributed by atoms with Crippen molar-refractivity contribution in [1.82, 2.24) is 0 Å². The van der Waals surface area contributed by atoms with E-state index in [1.165, 1.54) is 0 Å². The molecule has 0 aliphatic carbocycles. The van der Waals surface area contributed by atoms with Crippen LogP contribution in [0.2, 0.25) is 0 Å². The highest BCUT2D eigenvalue weighted by Gasteiger charge is 2.09. The fraction of sp³-hybridized carbons (Fsp3) is 0.333. The molecule has 0 aromatic heterocycles. The molecular weight excluding hydrogens is 234 g/mol. The standard InChI is InChI=1S/C9H12BrNO2/c1-6(5-13-11)8-4-7(12)2-3-9(8)10/h2-4,6,12H,5,11H2,1H3. The fourth-order valence-electron chi connectivity index (χ4n) is 1.14. The van der Waals surface area contributed by atoms with Crippen LogP contribution in [0.3, 0.4) is 0 Å². The Kier molecular flexibility index (Phi) is 3.71. The van der Waals surface area contributed by atoms with Gasteiger partial charge < -0.3 is 9.94 Å². The first-order valence-electron chi connectivity index (χ1n) is 3.95. The predicted molar refractivity (Wildman–Crippen MR) is 54.4 cm³/mol. The molecule has 0 heterocycles. The van der Waals surface area contributed by atoms with Crippen molar-refractivity contribution < 1.29 is 9.94 Å². The van der Waals surface area contributed by atoms with Crippen molar-refractivity contribution in [3.05, 3.63) is 28.2 Å². The van der Waals surface area contributed by atoms with Gasteiger partial charge in [0.15, 0.2) is 0 Å². The number of aromatic hydroxyl groups is 1. The first-order valence-corrected chi connectivity index (χ1v) is 4.74. The van der Waals surface area contributed by atoms with Crippen molar-refractivity contribution in [2.45, 2.75) is 12.8 Å². The maximum atomic E-state index is 9.26. The first-order chi connectivity index (χ1) is 6.15. The van der Waals surface area contributed by atoms with Crippen LogP contribution in [-0.2, 0) is 4.84 Å². The number of hydrogen-bond acceptors (Lipinski definition) is 3. The summed E-state index contributed by atoms with van der Waals surface area (Å²) in [7, 11) is 0. The molecule has 0 spiro atoms. The molecule has 0 amide bonds. The minimum absolute atomic E-state index is 0.159. The fourth-order valence-corrected chi connectivity index (χ4v) is 1.78. The largest absolute Gasteiger partial charge is 0.508 e. The monoisotopic (exact) mass is 245 g/mol. The lowest BCUT2D eigenvalue weighted by Crippen LogP contribution is -2.08. The van der Waals surface area contributed by atoms with Crippen molar-refractivity contribution in [3.63, 3.8) is 0 Å². The van der Waals surface area contributed by atoms with Crippen LogP contribution in [0, 0.1) is 0 Å². The molecule has 1 unspecified atom stereocenters. The molecule has 0 radical (unpaired) electrons. The summed E-state index contributed by atoms with van der Waals surface area (Å²) in [6.07, 6.45) is 0. The second-order valence-electron chi connectivity index (χ2n) is 2.94. The normalized spacial score (nSPS) is 12.8. The van der Waals surface area contributed by atoms with E-state index in [9.17, 15) is 5.11 Å². The average molecular weight is 246 g/mol. The van der Waals surface area contributed by atoms with E-state index in [0.717, 1.165) is 10.0 Å². The molecule has 3 N–H and O–H groups in total. The summed E-state index contributed by atoms with van der Waals surface area (Å²) in [5.74, 6) is 5.39. The van der Waals surface area contributed by atoms with Gasteiger partial charge in [0.1, 0.15) is 5.75 Å². The zero-order valence-corrected chi connectivity index (χ0v) is 8.91. The molecule has 13 heavy (non-hydrogen) atoms. The third kappa shape index (κ3) is 2.69. The number of phenols is 1. The summed E-state index contributed by atoms with van der Waals surface area (Å²) < 4.78 is 0.954. The molecule has 0 aliphatic rings. The Morgan fingerprint density at radius 2 is 2.31 bits per heavy atom. The highest BCUT2D eigenvalue weighted by Crippen LogP contribution is 2.28. The van der Waals surface area contributed by atoms with Gasteiger partial charge >= 0.3 is 0 Å². The Labute approximate surface area is 85.6 Å². The minimum atomic E-state index is 0.159. The number of nitrogens with two attached hydrogens (primary N) is 1. The molecule has 0 fully saturated rings. The number of halogens is 1. The van der Waals surface area contributed by atoms with Crippen molar-refractivity contribution in [3.8, 4) is 5.75 Å². The Bertz CT molecular complexity index is 291. The molecule has 0 aliphatic heterocycles. The summed E-state index contributed by atoms with van der Waals surface area (Å²) in [5, 5.41) is 9.26. The van der Waals surface area contributed by atoms with Crippen molar-refractivity contribution in [2.24, 2.45) is 5.90 Å². The first kappa shape index (κ1) is 10.5. The van der Waals surface area contributed by atoms with E-state index in [1.807, 2.05) is 6.92 Å². The van der Waals surface area contributed by atoms with Crippen LogP contribution in [0.15, 0.2) is 22.7 Å². The van der Waals surface area contributed by atoms with Crippen LogP contribution < -0.4 is 5.90 Å². The van der Waals surface area contributed by atoms with Gasteiger partial charge in [0.05, 0.1) is 6.61 Å². The molecule has 0 saturated heterocycles. The maximum absolute atomic E-state index is 9.26. The van der Waals surface area contributed by atoms with Crippen molar-refractivity contribution >= 4 is 15.9 Å². The second-order valence-corrected chi connectivity index (χ2v) is 3.79. The summed E-state index contributed by atoms with van der Waals surface area (Å²) in [6, 6.07) is 5.13. The maximum Gasteiger partial charge on any atom is 0.115 e. The molecule has 1 atom stereocenters. The SMILES string of the molecule is CC(CON)c1cc(O)ccc1Br. The Hall–Kier alpha value is -0.580. The predicted octanol–water partition coefficient (Wildman–Crippen LogP) is 2.15. The van der Waals surface area contributed by atoms with Crippen LogP contribution in [-0.4, -0.2) is 11.7 Å². The van der Waals surface area contributed by atoms with Gasteiger partial charge in [-0.25, -0.2) is 5.90 Å². The highest BCUT2D eigenvalue weighted by molar-refractivity contribution is 9.10. The Morgan fingerprint density at radius 1 is 1.62 bits per heavy atom. The molecule has 3 nitrogen and oxygen atoms in total. The highest BCUT2D eigenvalue weighted by atomic mass is 79.9. The smallest absolute Gasteiger partial charge is 0.115 e. The van der Waals surface area contributed by atoms with Crippen LogP contribution in [0.4, 0.5) is 0 Å². The average Bonchev–Trinajstić information content (AvgIpc) is 2.09. The molecule has 72 valence electrons. The van der Waals surface area contributed by atoms with Crippen LogP contribution in [0.25, 0.3) is 0 Å². The van der Waals surface area contributed by atoms with E-state index in [1.54, 1.807) is 18.2 Å². The minimum Gasteiger partial charge on any atom is -0.508 e. The van der Waals surface area contributed by atoms with E-state index >= 15 is 0 Å². The van der Waals surface area contributed by atoms with E-state index in [4.69, 9.17) is 5.90 Å². The Morgan fingerprint density at radius 3 is 2.92 bits per heavy atom. The van der Waals surface area contributed by atoms with Gasteiger partial charge in [0.25, 0.3) is 0 Å². The Balaban J connectivity index is 2.91. The lowest BCUT2D eigenvalue weighted by Gasteiger charge is -2.12. The zero-order valence-electron chi connectivity index (χ0n) is 7.33. The van der Waals surface area contributed by atoms with Crippen LogP contribution in [0.5, 0.6) is 5.75 Å². The summed E-state index contributed by atoms with van der Waals surface area (Å²) >= 11 is 3.39. The van der Waals surface area contributed by atoms with E-state index in [2.05, 4.69) is 20.8 Å². The van der Waals surface area contributed by atoms with Crippen molar-refractivity contribution in [1.29, 1.82) is 0 Å². The number of benzene rings is 1. The van der Waals surface area contributed by atoms with Gasteiger partial charge in [-0.2, -0.15) is 0 Å². The van der Waals surface area contributed by atoms with E-state index in [0.29, 0.717) is 6.61 Å². The number of rotatable bonds is 3. The third-order valence-corrected chi connectivity index (χ3v) is 2.58. The molecule has 0 saturated carbocycles. The van der Waals surface area contributed by atoms with Gasteiger partial charge in [0, 0.05) is 10.4 Å². The third-order valence-electron chi connectivity index (χ3n) is 1.86. The summed E-state index contributed by atoms with van der Waals surface area (Å²) in [4.78, 5) is 4.55. The van der Waals surface area contributed by atoms with Gasteiger partial charge in [-0.15, -0.1) is 0 Å². The molecule has 0 bridgehead atoms. The molecule has 1 aromatic carbocycles. The van der Waals surface area contributed by atoms with Crippen LogP contribution in [0.1, 0.15) is 18.4 Å². The summed E-state index contributed by atoms with van der Waals surface area (Å²) in [5.41, 5.74) is 0.991.